The minimum absolute atomic E-state index is 0.153. The van der Waals surface area contributed by atoms with Gasteiger partial charge in [0.1, 0.15) is 19.3 Å². The van der Waals surface area contributed by atoms with Gasteiger partial charge in [-0.25, -0.2) is 0 Å². The van der Waals surface area contributed by atoms with E-state index in [4.69, 9.17) is 14.2 Å². The second-order valence-corrected chi connectivity index (χ2v) is 19.6. The van der Waals surface area contributed by atoms with E-state index < -0.39 is 0 Å². The van der Waals surface area contributed by atoms with Gasteiger partial charge in [-0.2, -0.15) is 0 Å². The topological polar surface area (TPSA) is 61.8 Å². The summed E-state index contributed by atoms with van der Waals surface area (Å²) in [6, 6.07) is 0. The monoisotopic (exact) mass is 877 g/mol. The molecule has 0 radical (unpaired) electrons. The molecule has 5 heteroatoms. The van der Waals surface area contributed by atoms with E-state index in [1.807, 2.05) is 0 Å². The molecule has 0 saturated carbocycles. The lowest BCUT2D eigenvalue weighted by Crippen LogP contribution is -2.29. The minimum atomic E-state index is -0.387. The van der Waals surface area contributed by atoms with Gasteiger partial charge in [-0.1, -0.05) is 297 Å². The molecular weight excluding hydrogens is 765 g/mol. The fourth-order valence-corrected chi connectivity index (χ4v) is 8.84. The maximum absolute atomic E-state index is 12.6. The molecule has 0 bridgehead atoms. The van der Waals surface area contributed by atoms with Crippen molar-refractivity contribution in [3.8, 4) is 0 Å². The summed E-state index contributed by atoms with van der Waals surface area (Å²) in [5.74, 6) is -0.308. The molecule has 0 amide bonds. The van der Waals surface area contributed by atoms with Crippen LogP contribution in [0.5, 0.6) is 0 Å². The Kier molecular flexibility index (Phi) is 53.3. The summed E-state index contributed by atoms with van der Waals surface area (Å²) in [6.07, 6.45) is 61.4. The molecule has 0 aromatic heterocycles. The number of ether oxygens (including phenoxy) is 3. The van der Waals surface area contributed by atoms with Crippen LogP contribution in [0.25, 0.3) is 0 Å². The van der Waals surface area contributed by atoms with Crippen LogP contribution in [0.1, 0.15) is 329 Å². The van der Waals surface area contributed by atoms with Gasteiger partial charge in [-0.3, -0.25) is 9.59 Å². The third-order valence-electron chi connectivity index (χ3n) is 13.2. The van der Waals surface area contributed by atoms with Crippen LogP contribution in [0.15, 0.2) is 0 Å². The van der Waals surface area contributed by atoms with Gasteiger partial charge in [0.15, 0.2) is 0 Å². The normalized spacial score (nSPS) is 12.0. The average molecular weight is 878 g/mol. The Hall–Kier alpha value is -1.10. The van der Waals surface area contributed by atoms with E-state index in [1.54, 1.807) is 0 Å². The molecule has 0 saturated heterocycles. The molecule has 0 aliphatic heterocycles. The smallest absolute Gasteiger partial charge is 0.305 e. The molecule has 0 rings (SSSR count). The van der Waals surface area contributed by atoms with Crippen molar-refractivity contribution in [2.24, 2.45) is 0 Å². The van der Waals surface area contributed by atoms with Crippen molar-refractivity contribution in [1.82, 2.24) is 0 Å². The van der Waals surface area contributed by atoms with Gasteiger partial charge >= 0.3 is 11.9 Å². The second kappa shape index (κ2) is 54.2. The van der Waals surface area contributed by atoms with Crippen LogP contribution in [0.3, 0.4) is 0 Å². The largest absolute Gasteiger partial charge is 0.463 e. The quantitative estimate of drug-likeness (QED) is 0.0450. The van der Waals surface area contributed by atoms with Crippen molar-refractivity contribution in [2.45, 2.75) is 335 Å². The molecule has 0 heterocycles. The van der Waals surface area contributed by atoms with E-state index in [9.17, 15) is 9.59 Å². The number of esters is 2. The second-order valence-electron chi connectivity index (χ2n) is 19.6. The Balaban J connectivity index is 4.13. The number of hydrogen-bond donors (Lipinski definition) is 0. The minimum Gasteiger partial charge on any atom is -0.463 e. The zero-order valence-corrected chi connectivity index (χ0v) is 42.7. The van der Waals surface area contributed by atoms with Crippen LogP contribution >= 0.6 is 0 Å². The van der Waals surface area contributed by atoms with Crippen LogP contribution in [0.4, 0.5) is 0 Å². The highest BCUT2D eigenvalue weighted by Crippen LogP contribution is 2.17. The highest BCUT2D eigenvalue weighted by Gasteiger charge is 2.16. The Labute approximate surface area is 389 Å². The number of carbonyl (C=O) groups is 2. The molecule has 62 heavy (non-hydrogen) atoms. The third-order valence-corrected chi connectivity index (χ3v) is 13.2. The molecule has 0 aromatic rings. The SMILES string of the molecule is CCCCCCCCCCCCCCCCCCCCCC(=O)OC[C@H](COC(=O)CCCCCCCCCCCCC)OCCCCCCCCCCCCCCCCCC. The summed E-state index contributed by atoms with van der Waals surface area (Å²) in [6.45, 7) is 7.81. The van der Waals surface area contributed by atoms with Gasteiger partial charge in [0.2, 0.25) is 0 Å². The highest BCUT2D eigenvalue weighted by molar-refractivity contribution is 5.69. The first-order valence-electron chi connectivity index (χ1n) is 28.6. The molecule has 370 valence electrons. The number of carbonyl (C=O) groups excluding carboxylic acids is 2. The Morgan fingerprint density at radius 3 is 0.694 bits per heavy atom. The first kappa shape index (κ1) is 60.9. The zero-order chi connectivity index (χ0) is 44.9. The van der Waals surface area contributed by atoms with Crippen LogP contribution < -0.4 is 0 Å². The standard InChI is InChI=1S/C57H112O5/c1-4-7-10-13-16-19-22-24-26-28-29-30-31-33-36-39-42-45-48-51-57(59)62-54-55(53-61-56(58)50-47-44-41-38-35-21-18-15-12-9-6-3)60-52-49-46-43-40-37-34-32-27-25-23-20-17-14-11-8-5-2/h55H,4-54H2,1-3H3/t55-/m0/s1. The van der Waals surface area contributed by atoms with Gasteiger partial charge < -0.3 is 14.2 Å². The van der Waals surface area contributed by atoms with E-state index in [1.165, 1.54) is 257 Å². The molecule has 5 nitrogen and oxygen atoms in total. The summed E-state index contributed by atoms with van der Waals surface area (Å²) in [7, 11) is 0. The van der Waals surface area contributed by atoms with E-state index in [0.29, 0.717) is 19.4 Å². The van der Waals surface area contributed by atoms with Crippen LogP contribution in [-0.4, -0.2) is 37.9 Å². The van der Waals surface area contributed by atoms with Crippen molar-refractivity contribution >= 4 is 11.9 Å². The predicted molar refractivity (Wildman–Crippen MR) is 270 cm³/mol. The Morgan fingerprint density at radius 2 is 0.468 bits per heavy atom. The number of hydrogen-bond acceptors (Lipinski definition) is 5. The lowest BCUT2D eigenvalue weighted by molar-refractivity contribution is -0.155. The zero-order valence-electron chi connectivity index (χ0n) is 42.7. The molecule has 0 N–H and O–H groups in total. The Morgan fingerprint density at radius 1 is 0.274 bits per heavy atom. The van der Waals surface area contributed by atoms with Crippen molar-refractivity contribution in [2.75, 3.05) is 19.8 Å². The van der Waals surface area contributed by atoms with Crippen LogP contribution in [0, 0.1) is 0 Å². The van der Waals surface area contributed by atoms with Gasteiger partial charge in [0, 0.05) is 19.4 Å². The fraction of sp³-hybridized carbons (Fsp3) is 0.965. The predicted octanol–water partition coefficient (Wildman–Crippen LogP) is 19.2. The number of unbranched alkanes of at least 4 members (excludes halogenated alkanes) is 43. The average Bonchev–Trinajstić information content (AvgIpc) is 3.28. The molecule has 0 unspecified atom stereocenters. The lowest BCUT2D eigenvalue weighted by Gasteiger charge is -2.18. The van der Waals surface area contributed by atoms with Crippen molar-refractivity contribution < 1.29 is 23.8 Å². The fourth-order valence-electron chi connectivity index (χ4n) is 8.84. The highest BCUT2D eigenvalue weighted by atomic mass is 16.6. The number of rotatable bonds is 54. The first-order chi connectivity index (χ1) is 30.6. The van der Waals surface area contributed by atoms with Crippen LogP contribution in [0.2, 0.25) is 0 Å². The van der Waals surface area contributed by atoms with Gasteiger partial charge in [-0.15, -0.1) is 0 Å². The summed E-state index contributed by atoms with van der Waals surface area (Å²) in [5, 5.41) is 0. The van der Waals surface area contributed by atoms with Gasteiger partial charge in [-0.05, 0) is 19.3 Å². The van der Waals surface area contributed by atoms with Crippen LogP contribution in [-0.2, 0) is 23.8 Å². The maximum Gasteiger partial charge on any atom is 0.305 e. The van der Waals surface area contributed by atoms with E-state index in [2.05, 4.69) is 20.8 Å². The molecule has 0 aliphatic rings. The first-order valence-corrected chi connectivity index (χ1v) is 28.6. The molecular formula is C57H112O5. The maximum atomic E-state index is 12.6. The molecule has 0 aromatic carbocycles. The summed E-state index contributed by atoms with van der Waals surface area (Å²) < 4.78 is 17.5. The summed E-state index contributed by atoms with van der Waals surface area (Å²) in [5.41, 5.74) is 0. The third kappa shape index (κ3) is 51.5. The lowest BCUT2D eigenvalue weighted by atomic mass is 10.0. The van der Waals surface area contributed by atoms with Crippen molar-refractivity contribution in [1.29, 1.82) is 0 Å². The molecule has 0 spiro atoms. The molecule has 0 fully saturated rings. The van der Waals surface area contributed by atoms with E-state index in [-0.39, 0.29) is 31.3 Å². The van der Waals surface area contributed by atoms with Crippen molar-refractivity contribution in [3.63, 3.8) is 0 Å². The summed E-state index contributed by atoms with van der Waals surface area (Å²) >= 11 is 0. The van der Waals surface area contributed by atoms with E-state index in [0.717, 1.165) is 38.5 Å². The Bertz CT molecular complexity index is 860. The molecule has 1 atom stereocenters. The summed E-state index contributed by atoms with van der Waals surface area (Å²) in [4.78, 5) is 25.2. The molecule has 0 aliphatic carbocycles. The van der Waals surface area contributed by atoms with Gasteiger partial charge in [0.25, 0.3) is 0 Å². The van der Waals surface area contributed by atoms with Gasteiger partial charge in [0.05, 0.1) is 0 Å². The van der Waals surface area contributed by atoms with E-state index >= 15 is 0 Å². The van der Waals surface area contributed by atoms with Crippen molar-refractivity contribution in [3.05, 3.63) is 0 Å².